The van der Waals surface area contributed by atoms with Crippen molar-refractivity contribution in [3.8, 4) is 5.75 Å². The molecule has 0 saturated heterocycles. The van der Waals surface area contributed by atoms with Crippen LogP contribution in [0.25, 0.3) is 0 Å². The van der Waals surface area contributed by atoms with Crippen LogP contribution >= 0.6 is 31.9 Å². The molecule has 1 amide bonds. The molecule has 2 aromatic rings. The summed E-state index contributed by atoms with van der Waals surface area (Å²) < 4.78 is 11.5. The van der Waals surface area contributed by atoms with Gasteiger partial charge in [-0.3, -0.25) is 4.79 Å². The second-order valence-electron chi connectivity index (χ2n) is 5.26. The van der Waals surface area contributed by atoms with Crippen molar-refractivity contribution in [2.24, 2.45) is 0 Å². The van der Waals surface area contributed by atoms with Crippen molar-refractivity contribution in [3.05, 3.63) is 62.5 Å². The molecule has 2 rings (SSSR count). The number of carbonyl (C=O) groups is 2. The zero-order valence-corrected chi connectivity index (χ0v) is 16.9. The fraction of sp³-hybridized carbons (Fsp3) is 0.222. The van der Waals surface area contributed by atoms with Gasteiger partial charge >= 0.3 is 5.97 Å². The molecule has 0 fully saturated rings. The lowest BCUT2D eigenvalue weighted by atomic mass is 10.1. The topological polar surface area (TPSA) is 64.6 Å². The number of amides is 1. The average Bonchev–Trinajstić information content (AvgIpc) is 2.60. The smallest absolute Gasteiger partial charge is 0.328 e. The molecule has 0 saturated carbocycles. The highest BCUT2D eigenvalue weighted by Gasteiger charge is 2.23. The van der Waals surface area contributed by atoms with Crippen molar-refractivity contribution in [2.45, 2.75) is 12.5 Å². The van der Waals surface area contributed by atoms with E-state index in [0.717, 1.165) is 20.3 Å². The Kier molecular flexibility index (Phi) is 7.01. The summed E-state index contributed by atoms with van der Waals surface area (Å²) in [6, 6.07) is 11.7. The third kappa shape index (κ3) is 5.57. The number of esters is 1. The van der Waals surface area contributed by atoms with Crippen LogP contribution in [0.4, 0.5) is 0 Å². The Hall–Kier alpha value is -1.86. The van der Waals surface area contributed by atoms with Gasteiger partial charge in [-0.15, -0.1) is 0 Å². The Morgan fingerprint density at radius 2 is 1.64 bits per heavy atom. The lowest BCUT2D eigenvalue weighted by molar-refractivity contribution is -0.142. The number of ether oxygens (including phenoxy) is 2. The van der Waals surface area contributed by atoms with E-state index in [4.69, 9.17) is 9.47 Å². The molecule has 0 radical (unpaired) electrons. The molecule has 0 bridgehead atoms. The molecule has 132 valence electrons. The van der Waals surface area contributed by atoms with Crippen LogP contribution in [0.2, 0.25) is 0 Å². The maximum Gasteiger partial charge on any atom is 0.328 e. The van der Waals surface area contributed by atoms with Crippen molar-refractivity contribution >= 4 is 43.7 Å². The normalized spacial score (nSPS) is 11.5. The molecule has 1 atom stereocenters. The van der Waals surface area contributed by atoms with E-state index in [1.807, 2.05) is 18.2 Å². The van der Waals surface area contributed by atoms with Crippen LogP contribution in [-0.4, -0.2) is 32.1 Å². The van der Waals surface area contributed by atoms with Crippen LogP contribution in [-0.2, 0) is 16.0 Å². The first-order valence-electron chi connectivity index (χ1n) is 7.40. The highest BCUT2D eigenvalue weighted by molar-refractivity contribution is 9.11. The number of methoxy groups -OCH3 is 2. The fourth-order valence-electron chi connectivity index (χ4n) is 2.26. The molecular formula is C18H17Br2NO4. The van der Waals surface area contributed by atoms with Gasteiger partial charge in [0, 0.05) is 20.9 Å². The van der Waals surface area contributed by atoms with Gasteiger partial charge in [0.15, 0.2) is 0 Å². The number of hydrogen-bond acceptors (Lipinski definition) is 4. The Morgan fingerprint density at radius 1 is 1.04 bits per heavy atom. The number of hydrogen-bond donors (Lipinski definition) is 1. The fourth-order valence-corrected chi connectivity index (χ4v) is 3.55. The van der Waals surface area contributed by atoms with Crippen LogP contribution in [0.3, 0.4) is 0 Å². The quantitative estimate of drug-likeness (QED) is 0.653. The van der Waals surface area contributed by atoms with E-state index in [1.165, 1.54) is 7.11 Å². The third-order valence-electron chi connectivity index (χ3n) is 3.51. The molecular weight excluding hydrogens is 454 g/mol. The maximum atomic E-state index is 12.5. The largest absolute Gasteiger partial charge is 0.497 e. The Labute approximate surface area is 163 Å². The third-order valence-corrected chi connectivity index (χ3v) is 4.43. The summed E-state index contributed by atoms with van der Waals surface area (Å²) in [6.45, 7) is 0. The van der Waals surface area contributed by atoms with Crippen molar-refractivity contribution in [3.63, 3.8) is 0 Å². The van der Waals surface area contributed by atoms with Gasteiger partial charge in [-0.25, -0.2) is 4.79 Å². The second-order valence-corrected chi connectivity index (χ2v) is 7.09. The average molecular weight is 471 g/mol. The lowest BCUT2D eigenvalue weighted by Gasteiger charge is -2.17. The highest BCUT2D eigenvalue weighted by Crippen LogP contribution is 2.20. The monoisotopic (exact) mass is 469 g/mol. The highest BCUT2D eigenvalue weighted by atomic mass is 79.9. The summed E-state index contributed by atoms with van der Waals surface area (Å²) in [7, 11) is 2.88. The van der Waals surface area contributed by atoms with Gasteiger partial charge in [0.05, 0.1) is 14.2 Å². The zero-order chi connectivity index (χ0) is 18.4. The minimum Gasteiger partial charge on any atom is -0.497 e. The molecule has 0 aliphatic heterocycles. The zero-order valence-electron chi connectivity index (χ0n) is 13.7. The van der Waals surface area contributed by atoms with Gasteiger partial charge in [-0.1, -0.05) is 44.0 Å². The summed E-state index contributed by atoms with van der Waals surface area (Å²) in [6.07, 6.45) is 0.317. The van der Waals surface area contributed by atoms with E-state index in [9.17, 15) is 9.59 Å². The summed E-state index contributed by atoms with van der Waals surface area (Å²) >= 11 is 6.69. The minimum absolute atomic E-state index is 0.317. The molecule has 0 spiro atoms. The first-order valence-corrected chi connectivity index (χ1v) is 8.99. The first-order chi connectivity index (χ1) is 11.9. The summed E-state index contributed by atoms with van der Waals surface area (Å²) in [5.74, 6) is -0.134. The number of halogens is 2. The molecule has 5 nitrogen and oxygen atoms in total. The molecule has 7 heteroatoms. The standard InChI is InChI=1S/C18H17Br2NO4/c1-24-15-5-3-11(4-6-15)7-16(18(23)25-2)21-17(22)12-8-13(19)10-14(20)9-12/h3-6,8-10,16H,7H2,1-2H3,(H,21,22)/t16-/m0/s1. The SMILES string of the molecule is COC(=O)[C@H](Cc1ccc(OC)cc1)NC(=O)c1cc(Br)cc(Br)c1. The van der Waals surface area contributed by atoms with Gasteiger partial charge in [-0.2, -0.15) is 0 Å². The Morgan fingerprint density at radius 3 is 2.16 bits per heavy atom. The van der Waals surface area contributed by atoms with Crippen LogP contribution in [0.5, 0.6) is 5.75 Å². The van der Waals surface area contributed by atoms with Gasteiger partial charge in [0.25, 0.3) is 5.91 Å². The minimum atomic E-state index is -0.788. The summed E-state index contributed by atoms with van der Waals surface area (Å²) in [4.78, 5) is 24.5. The van der Waals surface area contributed by atoms with E-state index >= 15 is 0 Å². The van der Waals surface area contributed by atoms with Crippen molar-refractivity contribution in [1.82, 2.24) is 5.32 Å². The van der Waals surface area contributed by atoms with Gasteiger partial charge < -0.3 is 14.8 Å². The van der Waals surface area contributed by atoms with Crippen LogP contribution in [0.15, 0.2) is 51.4 Å². The van der Waals surface area contributed by atoms with Crippen LogP contribution in [0, 0.1) is 0 Å². The lowest BCUT2D eigenvalue weighted by Crippen LogP contribution is -2.43. The molecule has 0 aromatic heterocycles. The van der Waals surface area contributed by atoms with E-state index in [-0.39, 0.29) is 5.91 Å². The van der Waals surface area contributed by atoms with Crippen molar-refractivity contribution in [2.75, 3.05) is 14.2 Å². The van der Waals surface area contributed by atoms with Gasteiger partial charge in [-0.05, 0) is 35.9 Å². The van der Waals surface area contributed by atoms with E-state index in [0.29, 0.717) is 12.0 Å². The molecule has 2 aromatic carbocycles. The van der Waals surface area contributed by atoms with E-state index < -0.39 is 12.0 Å². The molecule has 0 aliphatic carbocycles. The van der Waals surface area contributed by atoms with Crippen molar-refractivity contribution in [1.29, 1.82) is 0 Å². The van der Waals surface area contributed by atoms with Crippen molar-refractivity contribution < 1.29 is 19.1 Å². The number of rotatable bonds is 6. The maximum absolute atomic E-state index is 12.5. The van der Waals surface area contributed by atoms with E-state index in [2.05, 4.69) is 37.2 Å². The molecule has 1 N–H and O–H groups in total. The molecule has 0 heterocycles. The molecule has 0 unspecified atom stereocenters. The summed E-state index contributed by atoms with van der Waals surface area (Å²) in [5, 5.41) is 2.73. The predicted octanol–water partition coefficient (Wildman–Crippen LogP) is 3.73. The van der Waals surface area contributed by atoms with Crippen LogP contribution in [0.1, 0.15) is 15.9 Å². The second kappa shape index (κ2) is 9.01. The first kappa shape index (κ1) is 19.5. The molecule has 25 heavy (non-hydrogen) atoms. The number of nitrogens with one attached hydrogen (secondary N) is 1. The van der Waals surface area contributed by atoms with Crippen LogP contribution < -0.4 is 10.1 Å². The van der Waals surface area contributed by atoms with Gasteiger partial charge in [0.1, 0.15) is 11.8 Å². The Balaban J connectivity index is 2.16. The number of carbonyl (C=O) groups excluding carboxylic acids is 2. The van der Waals surface area contributed by atoms with Gasteiger partial charge in [0.2, 0.25) is 0 Å². The Bertz CT molecular complexity index is 742. The predicted molar refractivity (Wildman–Crippen MR) is 102 cm³/mol. The van der Waals surface area contributed by atoms with E-state index in [1.54, 1.807) is 31.4 Å². The number of benzene rings is 2. The summed E-state index contributed by atoms with van der Waals surface area (Å²) in [5.41, 5.74) is 1.32. The molecule has 0 aliphatic rings.